The van der Waals surface area contributed by atoms with E-state index in [1.165, 1.54) is 19.4 Å². The summed E-state index contributed by atoms with van der Waals surface area (Å²) in [6.07, 6.45) is 1.80. The Morgan fingerprint density at radius 1 is 1.10 bits per heavy atom. The van der Waals surface area contributed by atoms with E-state index in [1.54, 1.807) is 18.2 Å². The molecular formula is C23H21N3O5. The average Bonchev–Trinajstić information content (AvgIpc) is 3.16. The summed E-state index contributed by atoms with van der Waals surface area (Å²) in [5.74, 6) is -1.60. The number of nitrogens with zero attached hydrogens (tertiary/aromatic N) is 2. The van der Waals surface area contributed by atoms with E-state index in [0.717, 1.165) is 10.9 Å². The monoisotopic (exact) mass is 419 g/mol. The highest BCUT2D eigenvalue weighted by Crippen LogP contribution is 2.24. The molecule has 1 atom stereocenters. The molecule has 1 aromatic heterocycles. The molecule has 2 heterocycles. The summed E-state index contributed by atoms with van der Waals surface area (Å²) in [5.41, 5.74) is 7.54. The van der Waals surface area contributed by atoms with Crippen molar-refractivity contribution in [3.8, 4) is 5.75 Å². The highest BCUT2D eigenvalue weighted by Gasteiger charge is 2.23. The van der Waals surface area contributed by atoms with Gasteiger partial charge in [-0.05, 0) is 30.7 Å². The van der Waals surface area contributed by atoms with Gasteiger partial charge in [-0.15, -0.1) is 0 Å². The Balaban J connectivity index is 0.000000207. The Morgan fingerprint density at radius 2 is 1.87 bits per heavy atom. The predicted molar refractivity (Wildman–Crippen MR) is 115 cm³/mol. The number of pyridine rings is 1. The van der Waals surface area contributed by atoms with Gasteiger partial charge < -0.3 is 15.6 Å². The number of aliphatic imine (C=N–C) groups is 1. The molecule has 31 heavy (non-hydrogen) atoms. The van der Waals surface area contributed by atoms with Crippen molar-refractivity contribution < 1.29 is 24.2 Å². The number of carbonyl (C=O) groups is 3. The molecule has 0 aliphatic carbocycles. The van der Waals surface area contributed by atoms with Gasteiger partial charge in [-0.3, -0.25) is 19.4 Å². The van der Waals surface area contributed by atoms with Crippen molar-refractivity contribution in [2.24, 2.45) is 10.7 Å². The zero-order valence-electron chi connectivity index (χ0n) is 16.8. The Labute approximate surface area is 178 Å². The highest BCUT2D eigenvalue weighted by atomic mass is 16.5. The smallest absolute Gasteiger partial charge is 0.314 e. The molecule has 158 valence electrons. The molecule has 0 saturated heterocycles. The fraction of sp³-hybridized carbons (Fsp3) is 0.174. The Hall–Kier alpha value is -4.07. The molecule has 2 aromatic carbocycles. The fourth-order valence-corrected chi connectivity index (χ4v) is 3.16. The maximum atomic E-state index is 11.8. The first-order chi connectivity index (χ1) is 14.9. The van der Waals surface area contributed by atoms with E-state index in [0.29, 0.717) is 23.2 Å². The number of rotatable bonds is 5. The lowest BCUT2D eigenvalue weighted by Gasteiger charge is -2.13. The van der Waals surface area contributed by atoms with Gasteiger partial charge in [0, 0.05) is 23.6 Å². The molecule has 0 bridgehead atoms. The fourth-order valence-electron chi connectivity index (χ4n) is 3.16. The molecule has 0 fully saturated rings. The van der Waals surface area contributed by atoms with E-state index in [4.69, 9.17) is 10.5 Å². The quantitative estimate of drug-likeness (QED) is 0.611. The third-order valence-electron chi connectivity index (χ3n) is 4.77. The van der Waals surface area contributed by atoms with E-state index in [2.05, 4.69) is 9.98 Å². The van der Waals surface area contributed by atoms with Crippen LogP contribution in [0.4, 0.5) is 0 Å². The van der Waals surface area contributed by atoms with Crippen molar-refractivity contribution in [3.63, 3.8) is 0 Å². The second-order valence-corrected chi connectivity index (χ2v) is 6.81. The van der Waals surface area contributed by atoms with Crippen molar-refractivity contribution in [2.75, 3.05) is 7.11 Å². The number of hydrogen-bond donors (Lipinski definition) is 2. The minimum absolute atomic E-state index is 0.108. The SMILES string of the molecule is COC(=O)C(CCC(N)=O)c1ccc2ccccc2n1.O=C1N=Cc2c(O)cccc21. The van der Waals surface area contributed by atoms with Gasteiger partial charge in [0.05, 0.1) is 29.8 Å². The molecule has 0 radical (unpaired) electrons. The van der Waals surface area contributed by atoms with E-state index >= 15 is 0 Å². The normalized spacial score (nSPS) is 12.6. The number of phenols is 1. The second-order valence-electron chi connectivity index (χ2n) is 6.81. The molecule has 3 N–H and O–H groups in total. The summed E-state index contributed by atoms with van der Waals surface area (Å²) in [7, 11) is 1.32. The zero-order chi connectivity index (χ0) is 22.4. The van der Waals surface area contributed by atoms with Crippen molar-refractivity contribution >= 4 is 34.9 Å². The zero-order valence-corrected chi connectivity index (χ0v) is 16.8. The highest BCUT2D eigenvalue weighted by molar-refractivity contribution is 6.14. The number of primary amides is 1. The number of hydrogen-bond acceptors (Lipinski definition) is 6. The van der Waals surface area contributed by atoms with Gasteiger partial charge in [-0.1, -0.05) is 30.3 Å². The van der Waals surface area contributed by atoms with Crippen LogP contribution in [-0.2, 0) is 14.3 Å². The number of phenolic OH excluding ortho intramolecular Hbond substituents is 1. The summed E-state index contributed by atoms with van der Waals surface area (Å²) in [4.78, 5) is 41.7. The number of para-hydroxylation sites is 1. The Bertz CT molecular complexity index is 1170. The number of fused-ring (bicyclic) bond motifs is 2. The Kier molecular flexibility index (Phi) is 6.71. The maximum Gasteiger partial charge on any atom is 0.314 e. The number of esters is 1. The minimum Gasteiger partial charge on any atom is -0.507 e. The summed E-state index contributed by atoms with van der Waals surface area (Å²) in [6, 6.07) is 16.1. The van der Waals surface area contributed by atoms with Crippen molar-refractivity contribution in [1.82, 2.24) is 4.98 Å². The number of aromatic nitrogens is 1. The van der Waals surface area contributed by atoms with Crippen LogP contribution in [0.25, 0.3) is 10.9 Å². The van der Waals surface area contributed by atoms with Crippen LogP contribution in [0.5, 0.6) is 5.75 Å². The van der Waals surface area contributed by atoms with Gasteiger partial charge >= 0.3 is 5.97 Å². The topological polar surface area (TPSA) is 132 Å². The van der Waals surface area contributed by atoms with Crippen molar-refractivity contribution in [2.45, 2.75) is 18.8 Å². The van der Waals surface area contributed by atoms with Gasteiger partial charge in [0.2, 0.25) is 5.91 Å². The van der Waals surface area contributed by atoms with Crippen LogP contribution < -0.4 is 5.73 Å². The first kappa shape index (κ1) is 21.6. The lowest BCUT2D eigenvalue weighted by atomic mass is 9.98. The third kappa shape index (κ3) is 5.11. The molecule has 2 amide bonds. The number of ether oxygens (including phenoxy) is 1. The Morgan fingerprint density at radius 3 is 2.58 bits per heavy atom. The molecule has 1 unspecified atom stereocenters. The second kappa shape index (κ2) is 9.62. The largest absolute Gasteiger partial charge is 0.507 e. The van der Waals surface area contributed by atoms with Crippen LogP contribution in [0.15, 0.2) is 59.6 Å². The van der Waals surface area contributed by atoms with Crippen LogP contribution in [0.3, 0.4) is 0 Å². The van der Waals surface area contributed by atoms with Crippen LogP contribution in [0.2, 0.25) is 0 Å². The summed E-state index contributed by atoms with van der Waals surface area (Å²) in [6.45, 7) is 0. The maximum absolute atomic E-state index is 11.8. The number of aromatic hydroxyl groups is 1. The van der Waals surface area contributed by atoms with Crippen molar-refractivity contribution in [3.05, 3.63) is 71.4 Å². The number of carbonyl (C=O) groups excluding carboxylic acids is 3. The van der Waals surface area contributed by atoms with Gasteiger partial charge in [0.1, 0.15) is 5.75 Å². The summed E-state index contributed by atoms with van der Waals surface area (Å²) in [5, 5.41) is 10.2. The first-order valence-electron chi connectivity index (χ1n) is 9.53. The van der Waals surface area contributed by atoms with Crippen LogP contribution in [0, 0.1) is 0 Å². The van der Waals surface area contributed by atoms with Crippen LogP contribution >= 0.6 is 0 Å². The predicted octanol–water partition coefficient (Wildman–Crippen LogP) is 2.72. The van der Waals surface area contributed by atoms with E-state index < -0.39 is 17.8 Å². The molecule has 1 aliphatic rings. The summed E-state index contributed by atoms with van der Waals surface area (Å²) < 4.78 is 4.78. The third-order valence-corrected chi connectivity index (χ3v) is 4.77. The lowest BCUT2D eigenvalue weighted by Crippen LogP contribution is -2.19. The van der Waals surface area contributed by atoms with Crippen molar-refractivity contribution in [1.29, 1.82) is 0 Å². The van der Waals surface area contributed by atoms with Gasteiger partial charge in [0.25, 0.3) is 5.91 Å². The molecule has 4 rings (SSSR count). The molecule has 0 saturated carbocycles. The molecule has 8 heteroatoms. The van der Waals surface area contributed by atoms with Crippen LogP contribution in [-0.4, -0.2) is 41.2 Å². The summed E-state index contributed by atoms with van der Waals surface area (Å²) >= 11 is 0. The first-order valence-corrected chi connectivity index (χ1v) is 9.53. The van der Waals surface area contributed by atoms with E-state index in [9.17, 15) is 19.5 Å². The molecular weight excluding hydrogens is 398 g/mol. The van der Waals surface area contributed by atoms with Gasteiger partial charge in [0.15, 0.2) is 0 Å². The minimum atomic E-state index is -0.572. The lowest BCUT2D eigenvalue weighted by molar-refractivity contribution is -0.142. The van der Waals surface area contributed by atoms with E-state index in [-0.39, 0.29) is 18.1 Å². The van der Waals surface area contributed by atoms with Crippen LogP contribution in [0.1, 0.15) is 40.4 Å². The number of benzene rings is 2. The number of amides is 2. The standard InChI is InChI=1S/C15H16N2O3.C8H5NO2/c1-20-15(19)11(7-9-14(16)18)13-8-6-10-4-2-3-5-12(10)17-13;10-7-3-1-2-5-6(7)4-9-8(5)11/h2-6,8,11H,7,9H2,1H3,(H2,16,18);1-4,10H. The van der Waals surface area contributed by atoms with E-state index in [1.807, 2.05) is 30.3 Å². The van der Waals surface area contributed by atoms with Gasteiger partial charge in [-0.25, -0.2) is 4.99 Å². The van der Waals surface area contributed by atoms with Gasteiger partial charge in [-0.2, -0.15) is 0 Å². The molecule has 1 aliphatic heterocycles. The number of nitrogens with two attached hydrogens (primary N) is 1. The molecule has 0 spiro atoms. The molecule has 3 aromatic rings. The average molecular weight is 419 g/mol. The number of methoxy groups -OCH3 is 1. The molecule has 8 nitrogen and oxygen atoms in total.